The first kappa shape index (κ1) is 16.3. The molecule has 0 saturated heterocycles. The van der Waals surface area contributed by atoms with E-state index in [1.807, 2.05) is 0 Å². The highest BCUT2D eigenvalue weighted by Gasteiger charge is 2.21. The number of aromatic nitrogens is 2. The first-order valence-electron chi connectivity index (χ1n) is 6.81. The van der Waals surface area contributed by atoms with E-state index in [0.717, 1.165) is 10.3 Å². The number of hydrogen-bond acceptors (Lipinski definition) is 3. The predicted octanol–water partition coefficient (Wildman–Crippen LogP) is 4.15. The van der Waals surface area contributed by atoms with E-state index >= 15 is 0 Å². The Morgan fingerprint density at radius 1 is 1.21 bits per heavy atom. The van der Waals surface area contributed by atoms with Crippen molar-refractivity contribution in [2.24, 2.45) is 0 Å². The molecule has 1 aromatic carbocycles. The first-order valence-corrected chi connectivity index (χ1v) is 7.57. The molecule has 2 aromatic heterocycles. The smallest absolute Gasteiger partial charge is 0.411 e. The number of amides is 1. The van der Waals surface area contributed by atoms with Crippen LogP contribution in [-0.2, 0) is 0 Å². The van der Waals surface area contributed by atoms with Gasteiger partial charge in [-0.05, 0) is 24.3 Å². The maximum Gasteiger partial charge on any atom is 0.411 e. The van der Waals surface area contributed by atoms with Crippen molar-refractivity contribution in [3.05, 3.63) is 58.5 Å². The monoisotopic (exact) mass is 363 g/mol. The lowest BCUT2D eigenvalue weighted by molar-refractivity contribution is 0.0965. The van der Waals surface area contributed by atoms with Gasteiger partial charge in [-0.1, -0.05) is 23.2 Å². The van der Waals surface area contributed by atoms with Gasteiger partial charge in [0.15, 0.2) is 0 Å². The second-order valence-corrected chi connectivity index (χ2v) is 5.87. The van der Waals surface area contributed by atoms with E-state index in [-0.39, 0.29) is 21.3 Å². The number of carbonyl (C=O) groups is 2. The zero-order valence-electron chi connectivity index (χ0n) is 12.4. The molecule has 0 aliphatic carbocycles. The van der Waals surface area contributed by atoms with Gasteiger partial charge in [0, 0.05) is 36.7 Å². The number of benzene rings is 1. The third kappa shape index (κ3) is 2.70. The Morgan fingerprint density at radius 3 is 2.50 bits per heavy atom. The van der Waals surface area contributed by atoms with Crippen LogP contribution in [0.25, 0.3) is 10.9 Å². The summed E-state index contributed by atoms with van der Waals surface area (Å²) < 4.78 is 1.42. The van der Waals surface area contributed by atoms with Gasteiger partial charge in [-0.3, -0.25) is 19.2 Å². The van der Waals surface area contributed by atoms with Gasteiger partial charge in [0.1, 0.15) is 0 Å². The van der Waals surface area contributed by atoms with E-state index in [2.05, 4.69) is 4.98 Å². The Hall–Kier alpha value is -2.57. The Kier molecular flexibility index (Phi) is 4.17. The van der Waals surface area contributed by atoms with E-state index in [1.165, 1.54) is 23.7 Å². The van der Waals surface area contributed by atoms with Crippen LogP contribution in [0.5, 0.6) is 0 Å². The molecular formula is C16H11Cl2N3O3. The summed E-state index contributed by atoms with van der Waals surface area (Å²) >= 11 is 12.4. The molecule has 0 atom stereocenters. The van der Waals surface area contributed by atoms with Crippen LogP contribution in [-0.4, -0.2) is 33.7 Å². The average molecular weight is 364 g/mol. The normalized spacial score (nSPS) is 10.8. The van der Waals surface area contributed by atoms with Crippen LogP contribution in [0.2, 0.25) is 10.0 Å². The van der Waals surface area contributed by atoms with E-state index in [4.69, 9.17) is 28.3 Å². The van der Waals surface area contributed by atoms with Crippen LogP contribution in [0.15, 0.2) is 42.9 Å². The number of fused-ring (bicyclic) bond motifs is 1. The van der Waals surface area contributed by atoms with Crippen molar-refractivity contribution in [2.45, 2.75) is 0 Å². The summed E-state index contributed by atoms with van der Waals surface area (Å²) in [5.74, 6) is -0.407. The van der Waals surface area contributed by atoms with Crippen LogP contribution in [0.1, 0.15) is 10.4 Å². The molecule has 2 heterocycles. The van der Waals surface area contributed by atoms with Gasteiger partial charge < -0.3 is 5.11 Å². The molecule has 6 nitrogen and oxygen atoms in total. The quantitative estimate of drug-likeness (QED) is 0.741. The Morgan fingerprint density at radius 2 is 1.88 bits per heavy atom. The SMILES string of the molecule is CN(C(=O)O)c1cc(Cl)c(C(=O)n2ccc3cnccc32)c(Cl)c1. The molecule has 3 rings (SSSR count). The number of hydrogen-bond donors (Lipinski definition) is 1. The molecule has 0 aliphatic rings. The van der Waals surface area contributed by atoms with Gasteiger partial charge >= 0.3 is 6.09 Å². The molecule has 0 bridgehead atoms. The number of halogens is 2. The van der Waals surface area contributed by atoms with Gasteiger partial charge in [-0.2, -0.15) is 0 Å². The van der Waals surface area contributed by atoms with Gasteiger partial charge in [-0.15, -0.1) is 0 Å². The fourth-order valence-electron chi connectivity index (χ4n) is 2.35. The van der Waals surface area contributed by atoms with Crippen molar-refractivity contribution in [3.8, 4) is 0 Å². The highest BCUT2D eigenvalue weighted by atomic mass is 35.5. The third-order valence-corrected chi connectivity index (χ3v) is 4.22. The number of nitrogens with zero attached hydrogens (tertiary/aromatic N) is 3. The number of rotatable bonds is 2. The second-order valence-electron chi connectivity index (χ2n) is 5.05. The number of carboxylic acid groups (broad SMARTS) is 1. The minimum atomic E-state index is -1.16. The van der Waals surface area contributed by atoms with Crippen LogP contribution >= 0.6 is 23.2 Å². The van der Waals surface area contributed by atoms with Crippen LogP contribution in [0, 0.1) is 0 Å². The maximum atomic E-state index is 12.8. The maximum absolute atomic E-state index is 12.8. The minimum absolute atomic E-state index is 0.0755. The zero-order valence-corrected chi connectivity index (χ0v) is 13.9. The van der Waals surface area contributed by atoms with E-state index in [1.54, 1.807) is 30.7 Å². The summed E-state index contributed by atoms with van der Waals surface area (Å²) in [4.78, 5) is 28.8. The summed E-state index contributed by atoms with van der Waals surface area (Å²) in [6.07, 6.45) is 3.68. The summed E-state index contributed by atoms with van der Waals surface area (Å²) in [6.45, 7) is 0. The number of carbonyl (C=O) groups excluding carboxylic acids is 1. The third-order valence-electron chi connectivity index (χ3n) is 3.62. The summed E-state index contributed by atoms with van der Waals surface area (Å²) in [6, 6.07) is 6.25. The van der Waals surface area contributed by atoms with Crippen molar-refractivity contribution >= 4 is 51.8 Å². The molecule has 24 heavy (non-hydrogen) atoms. The molecule has 0 radical (unpaired) electrons. The molecule has 0 aliphatic heterocycles. The topological polar surface area (TPSA) is 75.4 Å². The van der Waals surface area contributed by atoms with Gasteiger partial charge in [0.25, 0.3) is 5.91 Å². The fraction of sp³-hybridized carbons (Fsp3) is 0.0625. The van der Waals surface area contributed by atoms with Crippen LogP contribution in [0.3, 0.4) is 0 Å². The van der Waals surface area contributed by atoms with E-state index < -0.39 is 12.0 Å². The molecule has 8 heteroatoms. The lowest BCUT2D eigenvalue weighted by atomic mass is 10.1. The van der Waals surface area contributed by atoms with Crippen LogP contribution in [0.4, 0.5) is 10.5 Å². The van der Waals surface area contributed by atoms with Crippen LogP contribution < -0.4 is 4.90 Å². The predicted molar refractivity (Wildman–Crippen MR) is 92.4 cm³/mol. The summed E-state index contributed by atoms with van der Waals surface area (Å²) in [5, 5.41) is 9.98. The molecule has 122 valence electrons. The van der Waals surface area contributed by atoms with Crippen molar-refractivity contribution in [2.75, 3.05) is 11.9 Å². The molecule has 0 saturated carbocycles. The lowest BCUT2D eigenvalue weighted by Crippen LogP contribution is -2.24. The van der Waals surface area contributed by atoms with E-state index in [0.29, 0.717) is 5.52 Å². The van der Waals surface area contributed by atoms with E-state index in [9.17, 15) is 9.59 Å². The zero-order chi connectivity index (χ0) is 17.4. The molecule has 1 N–H and O–H groups in total. The average Bonchev–Trinajstić information content (AvgIpc) is 2.97. The van der Waals surface area contributed by atoms with Crippen molar-refractivity contribution in [1.29, 1.82) is 0 Å². The number of pyridine rings is 1. The van der Waals surface area contributed by atoms with Gasteiger partial charge in [0.2, 0.25) is 0 Å². The molecule has 0 unspecified atom stereocenters. The summed E-state index contributed by atoms with van der Waals surface area (Å²) in [5.41, 5.74) is 1.06. The highest BCUT2D eigenvalue weighted by Crippen LogP contribution is 2.32. The van der Waals surface area contributed by atoms with Gasteiger partial charge in [-0.25, -0.2) is 4.79 Å². The lowest BCUT2D eigenvalue weighted by Gasteiger charge is -2.16. The molecule has 3 aromatic rings. The standard InChI is InChI=1S/C16H11Cl2N3O3/c1-20(16(23)24)10-6-11(17)14(12(18)7-10)15(22)21-5-3-9-8-19-4-2-13(9)21/h2-8H,1H3,(H,23,24). The molecule has 0 fully saturated rings. The minimum Gasteiger partial charge on any atom is -0.465 e. The van der Waals surface area contributed by atoms with Crippen molar-refractivity contribution in [1.82, 2.24) is 9.55 Å². The molecule has 1 amide bonds. The Labute approximate surface area is 146 Å². The molecule has 0 spiro atoms. The van der Waals surface area contributed by atoms with Crippen molar-refractivity contribution < 1.29 is 14.7 Å². The number of anilines is 1. The largest absolute Gasteiger partial charge is 0.465 e. The van der Waals surface area contributed by atoms with Crippen molar-refractivity contribution in [3.63, 3.8) is 0 Å². The first-order chi connectivity index (χ1) is 11.4. The molecular weight excluding hydrogens is 353 g/mol. The highest BCUT2D eigenvalue weighted by molar-refractivity contribution is 6.40. The Bertz CT molecular complexity index is 945. The summed E-state index contributed by atoms with van der Waals surface area (Å²) in [7, 11) is 1.36. The Balaban J connectivity index is 2.09. The second kappa shape index (κ2) is 6.14. The fourth-order valence-corrected chi connectivity index (χ4v) is 2.99. The van der Waals surface area contributed by atoms with Gasteiger partial charge in [0.05, 0.1) is 21.1 Å².